The van der Waals surface area contributed by atoms with Gasteiger partial charge in [0.1, 0.15) is 16.6 Å². The maximum Gasteiger partial charge on any atom is 0.280 e. The van der Waals surface area contributed by atoms with E-state index in [1.54, 1.807) is 0 Å². The van der Waals surface area contributed by atoms with Gasteiger partial charge in [0.25, 0.3) is 10.0 Å². The number of nitrogens with zero attached hydrogens (tertiary/aromatic N) is 1. The minimum absolute atomic E-state index is 0.0419. The van der Waals surface area contributed by atoms with Gasteiger partial charge < -0.3 is 5.11 Å². The highest BCUT2D eigenvalue weighted by Crippen LogP contribution is 2.27. The summed E-state index contributed by atoms with van der Waals surface area (Å²) in [5.74, 6) is -0.327. The maximum atomic E-state index is 12.9. The standard InChI is InChI=1S/C15H11FN2O3S2/c16-11-3-1-10(2-4-11)15-17-14(9-22-15)23(20,21)18-12-5-7-13(19)8-6-12/h1-9,18-19H. The molecule has 2 aromatic carbocycles. The first-order valence-corrected chi connectivity index (χ1v) is 8.84. The van der Waals surface area contributed by atoms with Gasteiger partial charge in [-0.25, -0.2) is 9.37 Å². The van der Waals surface area contributed by atoms with Crippen LogP contribution in [0.2, 0.25) is 0 Å². The van der Waals surface area contributed by atoms with Crippen LogP contribution in [0.1, 0.15) is 0 Å². The first-order chi connectivity index (χ1) is 10.9. The molecular formula is C15H11FN2O3S2. The van der Waals surface area contributed by atoms with Gasteiger partial charge in [0.2, 0.25) is 0 Å². The summed E-state index contributed by atoms with van der Waals surface area (Å²) in [6.07, 6.45) is 0. The summed E-state index contributed by atoms with van der Waals surface area (Å²) in [6.45, 7) is 0. The molecule has 118 valence electrons. The zero-order valence-electron chi connectivity index (χ0n) is 11.6. The topological polar surface area (TPSA) is 79.3 Å². The number of hydrogen-bond donors (Lipinski definition) is 2. The number of phenols is 1. The van der Waals surface area contributed by atoms with E-state index in [1.165, 1.54) is 53.9 Å². The van der Waals surface area contributed by atoms with Crippen LogP contribution >= 0.6 is 11.3 Å². The highest BCUT2D eigenvalue weighted by Gasteiger charge is 2.19. The molecule has 0 saturated heterocycles. The highest BCUT2D eigenvalue weighted by atomic mass is 32.2. The Bertz CT molecular complexity index is 920. The van der Waals surface area contributed by atoms with E-state index in [4.69, 9.17) is 0 Å². The van der Waals surface area contributed by atoms with Crippen molar-refractivity contribution in [1.29, 1.82) is 0 Å². The van der Waals surface area contributed by atoms with Crippen molar-refractivity contribution < 1.29 is 17.9 Å². The molecule has 0 aliphatic rings. The molecule has 3 aromatic rings. The van der Waals surface area contributed by atoms with Crippen LogP contribution < -0.4 is 4.72 Å². The number of nitrogens with one attached hydrogen (secondary N) is 1. The molecule has 0 spiro atoms. The van der Waals surface area contributed by atoms with Gasteiger partial charge in [0, 0.05) is 16.6 Å². The fourth-order valence-electron chi connectivity index (χ4n) is 1.84. The number of phenolic OH excluding ortho intramolecular Hbond substituents is 1. The molecular weight excluding hydrogens is 339 g/mol. The number of anilines is 1. The van der Waals surface area contributed by atoms with Gasteiger partial charge in [0.15, 0.2) is 5.03 Å². The number of aromatic nitrogens is 1. The van der Waals surface area contributed by atoms with E-state index in [2.05, 4.69) is 9.71 Å². The number of thiazole rings is 1. The van der Waals surface area contributed by atoms with Gasteiger partial charge in [-0.15, -0.1) is 11.3 Å². The minimum atomic E-state index is -3.83. The van der Waals surface area contributed by atoms with E-state index in [0.29, 0.717) is 16.3 Å². The van der Waals surface area contributed by atoms with E-state index < -0.39 is 10.0 Å². The normalized spacial score (nSPS) is 11.3. The van der Waals surface area contributed by atoms with Crippen molar-refractivity contribution in [2.75, 3.05) is 4.72 Å². The predicted molar refractivity (Wildman–Crippen MR) is 86.4 cm³/mol. The monoisotopic (exact) mass is 350 g/mol. The Morgan fingerprint density at radius 3 is 2.35 bits per heavy atom. The lowest BCUT2D eigenvalue weighted by molar-refractivity contribution is 0.475. The first kappa shape index (κ1) is 15.4. The van der Waals surface area contributed by atoms with Crippen LogP contribution in [0.3, 0.4) is 0 Å². The molecule has 0 unspecified atom stereocenters. The van der Waals surface area contributed by atoms with Gasteiger partial charge >= 0.3 is 0 Å². The summed E-state index contributed by atoms with van der Waals surface area (Å²) < 4.78 is 39.9. The zero-order chi connectivity index (χ0) is 16.4. The van der Waals surface area contributed by atoms with Crippen LogP contribution in [0.5, 0.6) is 5.75 Å². The molecule has 0 saturated carbocycles. The molecule has 2 N–H and O–H groups in total. The number of hydrogen-bond acceptors (Lipinski definition) is 5. The quantitative estimate of drug-likeness (QED) is 0.706. The third-order valence-electron chi connectivity index (χ3n) is 2.97. The molecule has 1 heterocycles. The third kappa shape index (κ3) is 3.49. The minimum Gasteiger partial charge on any atom is -0.508 e. The SMILES string of the molecule is O=S(=O)(Nc1ccc(O)cc1)c1csc(-c2ccc(F)cc2)n1. The number of rotatable bonds is 4. The van der Waals surface area contributed by atoms with Gasteiger partial charge in [0.05, 0.1) is 0 Å². The van der Waals surface area contributed by atoms with Crippen molar-refractivity contribution in [2.24, 2.45) is 0 Å². The van der Waals surface area contributed by atoms with Crippen molar-refractivity contribution in [1.82, 2.24) is 4.98 Å². The summed E-state index contributed by atoms with van der Waals surface area (Å²) >= 11 is 1.16. The highest BCUT2D eigenvalue weighted by molar-refractivity contribution is 7.92. The second-order valence-corrected chi connectivity index (χ2v) is 7.14. The van der Waals surface area contributed by atoms with Gasteiger partial charge in [-0.05, 0) is 48.5 Å². The first-order valence-electron chi connectivity index (χ1n) is 6.47. The Balaban J connectivity index is 1.86. The van der Waals surface area contributed by atoms with Crippen LogP contribution in [0.25, 0.3) is 10.6 Å². The Morgan fingerprint density at radius 1 is 1.04 bits per heavy atom. The maximum absolute atomic E-state index is 12.9. The lowest BCUT2D eigenvalue weighted by Gasteiger charge is -2.05. The van der Waals surface area contributed by atoms with Crippen LogP contribution in [0, 0.1) is 5.82 Å². The second-order valence-electron chi connectivity index (χ2n) is 4.65. The molecule has 1 aromatic heterocycles. The molecule has 5 nitrogen and oxygen atoms in total. The van der Waals surface area contributed by atoms with Crippen LogP contribution in [-0.2, 0) is 10.0 Å². The number of halogens is 1. The molecule has 0 aliphatic heterocycles. The average molecular weight is 350 g/mol. The molecule has 0 atom stereocenters. The number of sulfonamides is 1. The third-order valence-corrected chi connectivity index (χ3v) is 5.27. The van der Waals surface area contributed by atoms with Crippen molar-refractivity contribution in [2.45, 2.75) is 5.03 Å². The molecule has 3 rings (SSSR count). The van der Waals surface area contributed by atoms with Gasteiger partial charge in [-0.3, -0.25) is 4.72 Å². The molecule has 23 heavy (non-hydrogen) atoms. The zero-order valence-corrected chi connectivity index (χ0v) is 13.2. The smallest absolute Gasteiger partial charge is 0.280 e. The fourth-order valence-corrected chi connectivity index (χ4v) is 4.00. The summed E-state index contributed by atoms with van der Waals surface area (Å²) in [6, 6.07) is 11.3. The molecule has 0 bridgehead atoms. The largest absolute Gasteiger partial charge is 0.508 e. The molecule has 0 aliphatic carbocycles. The summed E-state index contributed by atoms with van der Waals surface area (Å²) in [4.78, 5) is 4.09. The van der Waals surface area contributed by atoms with E-state index in [0.717, 1.165) is 11.3 Å². The van der Waals surface area contributed by atoms with Gasteiger partial charge in [-0.2, -0.15) is 8.42 Å². The van der Waals surface area contributed by atoms with Crippen molar-refractivity contribution in [3.63, 3.8) is 0 Å². The van der Waals surface area contributed by atoms with E-state index in [-0.39, 0.29) is 16.6 Å². The summed E-state index contributed by atoms with van der Waals surface area (Å²) in [5, 5.41) is 11.0. The summed E-state index contributed by atoms with van der Waals surface area (Å²) in [5.41, 5.74) is 0.960. The molecule has 0 fully saturated rings. The van der Waals surface area contributed by atoms with E-state index in [9.17, 15) is 17.9 Å². The number of benzene rings is 2. The Hall–Kier alpha value is -2.45. The Labute approximate surface area is 136 Å². The van der Waals surface area contributed by atoms with Gasteiger partial charge in [-0.1, -0.05) is 0 Å². The molecule has 0 amide bonds. The average Bonchev–Trinajstić information content (AvgIpc) is 3.01. The van der Waals surface area contributed by atoms with Crippen molar-refractivity contribution >= 4 is 27.0 Å². The summed E-state index contributed by atoms with van der Waals surface area (Å²) in [7, 11) is -3.83. The van der Waals surface area contributed by atoms with E-state index >= 15 is 0 Å². The Morgan fingerprint density at radius 2 is 1.70 bits per heavy atom. The molecule has 8 heteroatoms. The van der Waals surface area contributed by atoms with Crippen LogP contribution in [0.15, 0.2) is 58.9 Å². The predicted octanol–water partition coefficient (Wildman–Crippen LogP) is 3.46. The van der Waals surface area contributed by atoms with Crippen LogP contribution in [0.4, 0.5) is 10.1 Å². The number of aromatic hydroxyl groups is 1. The molecule has 0 radical (unpaired) electrons. The second kappa shape index (κ2) is 5.98. The van der Waals surface area contributed by atoms with E-state index in [1.807, 2.05) is 0 Å². The lowest BCUT2D eigenvalue weighted by atomic mass is 10.2. The van der Waals surface area contributed by atoms with Crippen molar-refractivity contribution in [3.8, 4) is 16.3 Å². The lowest BCUT2D eigenvalue weighted by Crippen LogP contribution is -2.13. The van der Waals surface area contributed by atoms with Crippen LogP contribution in [-0.4, -0.2) is 18.5 Å². The fraction of sp³-hybridized carbons (Fsp3) is 0. The van der Waals surface area contributed by atoms with Crippen molar-refractivity contribution in [3.05, 3.63) is 59.7 Å². The Kier molecular flexibility index (Phi) is 4.01.